The van der Waals surface area contributed by atoms with Gasteiger partial charge in [0.05, 0.1) is 0 Å². The second-order valence-corrected chi connectivity index (χ2v) is 13.4. The van der Waals surface area contributed by atoms with Gasteiger partial charge in [-0.05, 0) is 127 Å². The van der Waals surface area contributed by atoms with E-state index in [1.165, 1.54) is 89.9 Å². The lowest BCUT2D eigenvalue weighted by molar-refractivity contribution is 0.0378. The zero-order valence-corrected chi connectivity index (χ0v) is 21.4. The van der Waals surface area contributed by atoms with Gasteiger partial charge >= 0.3 is 0 Å². The van der Waals surface area contributed by atoms with Crippen molar-refractivity contribution in [1.82, 2.24) is 9.80 Å². The van der Waals surface area contributed by atoms with Crippen LogP contribution in [-0.2, 0) is 0 Å². The molecular weight excluding hydrogens is 388 g/mol. The molecule has 2 heteroatoms. The van der Waals surface area contributed by atoms with Crippen LogP contribution in [0, 0.1) is 23.7 Å². The number of likely N-dealkylation sites (tertiary alicyclic amines) is 2. The third-order valence-corrected chi connectivity index (χ3v) is 11.8. The van der Waals surface area contributed by atoms with Gasteiger partial charge in [-0.1, -0.05) is 25.7 Å². The van der Waals surface area contributed by atoms with E-state index in [9.17, 15) is 0 Å². The Bertz CT molecular complexity index is 562. The van der Waals surface area contributed by atoms with Crippen LogP contribution in [0.25, 0.3) is 0 Å². The minimum Gasteiger partial charge on any atom is -0.294 e. The molecule has 0 N–H and O–H groups in total. The zero-order chi connectivity index (χ0) is 21.7. The van der Waals surface area contributed by atoms with Crippen molar-refractivity contribution < 1.29 is 0 Å². The van der Waals surface area contributed by atoms with Crippen LogP contribution in [0.1, 0.15) is 129 Å². The van der Waals surface area contributed by atoms with Crippen LogP contribution in [-0.4, -0.2) is 46.1 Å². The standard InChI is InChI=1S/C30H52N2/c1-21-19-25-7-3-5-9-29(25)31(21)27-15-11-23(12-16-27)24-13-17-28(18-14-24)32-22(2)20-26-8-4-6-10-30(26)32/h21-30H,3-20H2,1-2H3. The third kappa shape index (κ3) is 4.12. The van der Waals surface area contributed by atoms with Gasteiger partial charge in [0.25, 0.3) is 0 Å². The lowest BCUT2D eigenvalue weighted by Crippen LogP contribution is -2.48. The summed E-state index contributed by atoms with van der Waals surface area (Å²) in [6.45, 7) is 5.11. The van der Waals surface area contributed by atoms with Crippen LogP contribution in [0.4, 0.5) is 0 Å². The van der Waals surface area contributed by atoms with Crippen LogP contribution >= 0.6 is 0 Å². The first-order valence-electron chi connectivity index (χ1n) is 15.2. The number of hydrogen-bond acceptors (Lipinski definition) is 2. The van der Waals surface area contributed by atoms with Gasteiger partial charge in [0.15, 0.2) is 0 Å². The van der Waals surface area contributed by atoms with Gasteiger partial charge in [-0.3, -0.25) is 9.80 Å². The Balaban J connectivity index is 1.00. The molecule has 32 heavy (non-hydrogen) atoms. The first kappa shape index (κ1) is 22.4. The molecule has 6 rings (SSSR count). The normalized spacial score (nSPS) is 50.8. The fourth-order valence-corrected chi connectivity index (χ4v) is 10.5. The lowest BCUT2D eigenvalue weighted by Gasteiger charge is -2.46. The van der Waals surface area contributed by atoms with Gasteiger partial charge in [0, 0.05) is 36.3 Å². The highest BCUT2D eigenvalue weighted by molar-refractivity contribution is 5.00. The Morgan fingerprint density at radius 2 is 0.781 bits per heavy atom. The Morgan fingerprint density at radius 3 is 1.19 bits per heavy atom. The average molecular weight is 441 g/mol. The Kier molecular flexibility index (Phi) is 6.66. The average Bonchev–Trinajstić information content (AvgIpc) is 3.34. The summed E-state index contributed by atoms with van der Waals surface area (Å²) in [7, 11) is 0. The maximum absolute atomic E-state index is 3.06. The molecule has 2 saturated heterocycles. The topological polar surface area (TPSA) is 6.48 Å². The molecule has 0 aromatic carbocycles. The largest absolute Gasteiger partial charge is 0.294 e. The van der Waals surface area contributed by atoms with Gasteiger partial charge in [0.2, 0.25) is 0 Å². The zero-order valence-electron chi connectivity index (χ0n) is 21.4. The number of nitrogens with zero attached hydrogens (tertiary/aromatic N) is 2. The smallest absolute Gasteiger partial charge is 0.0130 e. The Hall–Kier alpha value is -0.0800. The molecule has 182 valence electrons. The monoisotopic (exact) mass is 440 g/mol. The van der Waals surface area contributed by atoms with Crippen LogP contribution in [0.15, 0.2) is 0 Å². The fourth-order valence-electron chi connectivity index (χ4n) is 10.5. The fraction of sp³-hybridized carbons (Fsp3) is 1.00. The summed E-state index contributed by atoms with van der Waals surface area (Å²) in [6, 6.07) is 5.51. The van der Waals surface area contributed by atoms with Crippen molar-refractivity contribution in [3.05, 3.63) is 0 Å². The predicted molar refractivity (Wildman–Crippen MR) is 135 cm³/mol. The molecule has 6 fully saturated rings. The van der Waals surface area contributed by atoms with Crippen molar-refractivity contribution in [2.24, 2.45) is 23.7 Å². The SMILES string of the molecule is CC1CC2CCCCC2N1C1CCC(C2CCC(N3C(C)CC4CCCCC43)CC2)CC1. The van der Waals surface area contributed by atoms with Crippen LogP contribution in [0.2, 0.25) is 0 Å². The molecular formula is C30H52N2. The molecule has 0 radical (unpaired) electrons. The van der Waals surface area contributed by atoms with Gasteiger partial charge in [-0.15, -0.1) is 0 Å². The summed E-state index contributed by atoms with van der Waals surface area (Å²) in [5.41, 5.74) is 0. The molecule has 6 unspecified atom stereocenters. The summed E-state index contributed by atoms with van der Waals surface area (Å²) in [5.74, 6) is 4.21. The van der Waals surface area contributed by atoms with Gasteiger partial charge in [-0.25, -0.2) is 0 Å². The van der Waals surface area contributed by atoms with Crippen molar-refractivity contribution >= 4 is 0 Å². The molecule has 0 aromatic rings. The van der Waals surface area contributed by atoms with Crippen molar-refractivity contribution in [2.75, 3.05) is 0 Å². The van der Waals surface area contributed by atoms with E-state index in [0.717, 1.165) is 59.9 Å². The molecule has 6 aliphatic rings. The summed E-state index contributed by atoms with van der Waals surface area (Å²) in [4.78, 5) is 6.12. The van der Waals surface area contributed by atoms with E-state index in [-0.39, 0.29) is 0 Å². The lowest BCUT2D eigenvalue weighted by atomic mass is 9.70. The van der Waals surface area contributed by atoms with Crippen LogP contribution in [0.3, 0.4) is 0 Å². The van der Waals surface area contributed by atoms with E-state index in [1.807, 2.05) is 0 Å². The summed E-state index contributed by atoms with van der Waals surface area (Å²) < 4.78 is 0. The van der Waals surface area contributed by atoms with Crippen LogP contribution in [0.5, 0.6) is 0 Å². The number of hydrogen-bond donors (Lipinski definition) is 0. The maximum atomic E-state index is 3.06. The van der Waals surface area contributed by atoms with E-state index in [2.05, 4.69) is 23.6 Å². The van der Waals surface area contributed by atoms with Gasteiger partial charge in [0.1, 0.15) is 0 Å². The molecule has 4 saturated carbocycles. The van der Waals surface area contributed by atoms with Gasteiger partial charge in [-0.2, -0.15) is 0 Å². The third-order valence-electron chi connectivity index (χ3n) is 11.8. The maximum Gasteiger partial charge on any atom is 0.0130 e. The van der Waals surface area contributed by atoms with E-state index >= 15 is 0 Å². The highest BCUT2D eigenvalue weighted by atomic mass is 15.2. The second-order valence-electron chi connectivity index (χ2n) is 13.4. The Morgan fingerprint density at radius 1 is 0.406 bits per heavy atom. The molecule has 0 spiro atoms. The molecule has 2 aliphatic heterocycles. The summed E-state index contributed by atoms with van der Waals surface area (Å²) in [6.07, 6.45) is 27.4. The van der Waals surface area contributed by atoms with E-state index in [4.69, 9.17) is 0 Å². The molecule has 0 bridgehead atoms. The molecule has 6 atom stereocenters. The Labute approximate surface area is 199 Å². The van der Waals surface area contributed by atoms with Crippen molar-refractivity contribution in [2.45, 2.75) is 166 Å². The van der Waals surface area contributed by atoms with Crippen molar-refractivity contribution in [1.29, 1.82) is 0 Å². The highest BCUT2D eigenvalue weighted by Crippen LogP contribution is 2.47. The van der Waals surface area contributed by atoms with Crippen molar-refractivity contribution in [3.8, 4) is 0 Å². The van der Waals surface area contributed by atoms with Crippen LogP contribution < -0.4 is 0 Å². The quantitative estimate of drug-likeness (QED) is 0.451. The van der Waals surface area contributed by atoms with Crippen molar-refractivity contribution in [3.63, 3.8) is 0 Å². The number of rotatable bonds is 3. The molecule has 0 amide bonds. The van der Waals surface area contributed by atoms with E-state index in [0.29, 0.717) is 0 Å². The minimum atomic E-state index is 0.867. The molecule has 2 nitrogen and oxygen atoms in total. The van der Waals surface area contributed by atoms with E-state index < -0.39 is 0 Å². The molecule has 4 aliphatic carbocycles. The molecule has 2 heterocycles. The summed E-state index contributed by atoms with van der Waals surface area (Å²) >= 11 is 0. The first-order chi connectivity index (χ1) is 15.7. The highest BCUT2D eigenvalue weighted by Gasteiger charge is 2.46. The second kappa shape index (κ2) is 9.52. The predicted octanol–water partition coefficient (Wildman–Crippen LogP) is 7.41. The summed E-state index contributed by atoms with van der Waals surface area (Å²) in [5, 5.41) is 0. The molecule has 0 aromatic heterocycles. The first-order valence-corrected chi connectivity index (χ1v) is 15.2. The number of fused-ring (bicyclic) bond motifs is 2. The minimum absolute atomic E-state index is 0.867. The van der Waals surface area contributed by atoms with Gasteiger partial charge < -0.3 is 0 Å². The van der Waals surface area contributed by atoms with E-state index in [1.54, 1.807) is 25.7 Å².